The molecule has 17 heavy (non-hydrogen) atoms. The third-order valence-corrected chi connectivity index (χ3v) is 2.67. The number of carbonyl (C=O) groups excluding carboxylic acids is 1. The van der Waals surface area contributed by atoms with Crippen LogP contribution in [0.5, 0.6) is 0 Å². The Bertz CT molecular complexity index is 549. The Balaban J connectivity index is 2.41. The molecule has 0 aliphatic heterocycles. The van der Waals surface area contributed by atoms with Crippen molar-refractivity contribution in [3.05, 3.63) is 42.0 Å². The second-order valence-electron chi connectivity index (χ2n) is 3.89. The summed E-state index contributed by atoms with van der Waals surface area (Å²) in [5.41, 5.74) is 1.98. The lowest BCUT2D eigenvalue weighted by atomic mass is 10.1. The normalized spacial score (nSPS) is 10.2. The average Bonchev–Trinajstić information content (AvgIpc) is 2.35. The number of hydrogen-bond donors (Lipinski definition) is 1. The van der Waals surface area contributed by atoms with E-state index in [9.17, 15) is 4.79 Å². The van der Waals surface area contributed by atoms with Crippen LogP contribution in [0.3, 0.4) is 0 Å². The topological polar surface area (TPSA) is 38.3 Å². The largest absolute Gasteiger partial charge is 0.461 e. The molecule has 0 aliphatic carbocycles. The van der Waals surface area contributed by atoms with E-state index < -0.39 is 0 Å². The molecule has 2 aromatic rings. The minimum absolute atomic E-state index is 0.264. The highest BCUT2D eigenvalue weighted by Gasteiger charge is 2.05. The first kappa shape index (κ1) is 11.5. The molecule has 3 heteroatoms. The molecule has 0 radical (unpaired) electrons. The lowest BCUT2D eigenvalue weighted by Crippen LogP contribution is -2.02. The average molecular weight is 229 g/mol. The van der Waals surface area contributed by atoms with Crippen LogP contribution in [0.25, 0.3) is 10.8 Å². The van der Waals surface area contributed by atoms with E-state index in [1.807, 2.05) is 31.3 Å². The second kappa shape index (κ2) is 4.87. The standard InChI is InChI=1S/C14H15NO2/c1-10(16)17-9-13-7-11-5-3-4-6-12(11)8-14(13)15-2/h3-8,15H,9H2,1-2H3. The summed E-state index contributed by atoms with van der Waals surface area (Å²) in [7, 11) is 1.86. The van der Waals surface area contributed by atoms with Gasteiger partial charge in [-0.15, -0.1) is 0 Å². The van der Waals surface area contributed by atoms with Gasteiger partial charge in [0.25, 0.3) is 0 Å². The Labute approximate surface area is 100 Å². The van der Waals surface area contributed by atoms with Gasteiger partial charge in [-0.1, -0.05) is 24.3 Å². The summed E-state index contributed by atoms with van der Waals surface area (Å²) in [5, 5.41) is 5.44. The van der Waals surface area contributed by atoms with E-state index in [1.165, 1.54) is 12.3 Å². The van der Waals surface area contributed by atoms with E-state index >= 15 is 0 Å². The molecule has 0 unspecified atom stereocenters. The maximum atomic E-state index is 10.8. The smallest absolute Gasteiger partial charge is 0.302 e. The number of carbonyl (C=O) groups is 1. The van der Waals surface area contributed by atoms with Crippen LogP contribution < -0.4 is 5.32 Å². The van der Waals surface area contributed by atoms with E-state index in [-0.39, 0.29) is 5.97 Å². The molecule has 2 rings (SSSR count). The zero-order valence-electron chi connectivity index (χ0n) is 9.99. The van der Waals surface area contributed by atoms with E-state index in [1.54, 1.807) is 0 Å². The van der Waals surface area contributed by atoms with Crippen LogP contribution in [-0.4, -0.2) is 13.0 Å². The first-order valence-electron chi connectivity index (χ1n) is 5.53. The van der Waals surface area contributed by atoms with Gasteiger partial charge in [-0.2, -0.15) is 0 Å². The molecular weight excluding hydrogens is 214 g/mol. The number of ether oxygens (including phenoxy) is 1. The van der Waals surface area contributed by atoms with E-state index in [2.05, 4.69) is 17.4 Å². The quantitative estimate of drug-likeness (QED) is 0.822. The summed E-state index contributed by atoms with van der Waals surface area (Å²) in [6.07, 6.45) is 0. The van der Waals surface area contributed by atoms with Crippen molar-refractivity contribution in [3.63, 3.8) is 0 Å². The summed E-state index contributed by atoms with van der Waals surface area (Å²) in [5.74, 6) is -0.264. The SMILES string of the molecule is CNc1cc2ccccc2cc1COC(C)=O. The van der Waals surface area contributed by atoms with Crippen LogP contribution in [-0.2, 0) is 16.1 Å². The molecule has 2 aromatic carbocycles. The molecular formula is C14H15NO2. The van der Waals surface area contributed by atoms with Crippen LogP contribution in [0.1, 0.15) is 12.5 Å². The fourth-order valence-corrected chi connectivity index (χ4v) is 1.82. The lowest BCUT2D eigenvalue weighted by Gasteiger charge is -2.11. The van der Waals surface area contributed by atoms with Gasteiger partial charge in [0, 0.05) is 25.2 Å². The van der Waals surface area contributed by atoms with Gasteiger partial charge in [-0.05, 0) is 22.9 Å². The molecule has 0 saturated heterocycles. The van der Waals surface area contributed by atoms with Gasteiger partial charge in [0.05, 0.1) is 0 Å². The van der Waals surface area contributed by atoms with Gasteiger partial charge in [-0.25, -0.2) is 0 Å². The Hall–Kier alpha value is -2.03. The van der Waals surface area contributed by atoms with Crippen LogP contribution in [0.15, 0.2) is 36.4 Å². The highest BCUT2D eigenvalue weighted by atomic mass is 16.5. The number of fused-ring (bicyclic) bond motifs is 1. The monoisotopic (exact) mass is 229 g/mol. The number of hydrogen-bond acceptors (Lipinski definition) is 3. The van der Waals surface area contributed by atoms with Gasteiger partial charge in [0.15, 0.2) is 0 Å². The van der Waals surface area contributed by atoms with Gasteiger partial charge in [-0.3, -0.25) is 4.79 Å². The Morgan fingerprint density at radius 2 is 1.88 bits per heavy atom. The zero-order valence-corrected chi connectivity index (χ0v) is 9.99. The molecule has 88 valence electrons. The zero-order chi connectivity index (χ0) is 12.3. The van der Waals surface area contributed by atoms with E-state index in [0.717, 1.165) is 16.6 Å². The lowest BCUT2D eigenvalue weighted by molar-refractivity contribution is -0.142. The van der Waals surface area contributed by atoms with Crippen molar-refractivity contribution in [2.75, 3.05) is 12.4 Å². The van der Waals surface area contributed by atoms with E-state index in [4.69, 9.17) is 4.74 Å². The Morgan fingerprint density at radius 3 is 2.47 bits per heavy atom. The first-order chi connectivity index (χ1) is 8.20. The molecule has 0 bridgehead atoms. The van der Waals surface area contributed by atoms with Crippen LogP contribution in [0, 0.1) is 0 Å². The third-order valence-electron chi connectivity index (χ3n) is 2.67. The number of rotatable bonds is 3. The number of esters is 1. The van der Waals surface area contributed by atoms with Crippen LogP contribution in [0.4, 0.5) is 5.69 Å². The summed E-state index contributed by atoms with van der Waals surface area (Å²) in [6, 6.07) is 12.2. The highest BCUT2D eigenvalue weighted by molar-refractivity contribution is 5.87. The van der Waals surface area contributed by atoms with Crippen molar-refractivity contribution in [1.29, 1.82) is 0 Å². The van der Waals surface area contributed by atoms with E-state index in [0.29, 0.717) is 6.61 Å². The van der Waals surface area contributed by atoms with Crippen LogP contribution in [0.2, 0.25) is 0 Å². The van der Waals surface area contributed by atoms with Crippen molar-refractivity contribution < 1.29 is 9.53 Å². The summed E-state index contributed by atoms with van der Waals surface area (Å²) in [4.78, 5) is 10.8. The minimum atomic E-state index is -0.264. The number of anilines is 1. The third kappa shape index (κ3) is 2.56. The number of nitrogens with one attached hydrogen (secondary N) is 1. The van der Waals surface area contributed by atoms with Gasteiger partial charge >= 0.3 is 5.97 Å². The molecule has 0 heterocycles. The predicted octanol–water partition coefficient (Wildman–Crippen LogP) is 2.94. The molecule has 0 fully saturated rings. The van der Waals surface area contributed by atoms with Crippen molar-refractivity contribution in [3.8, 4) is 0 Å². The van der Waals surface area contributed by atoms with Crippen molar-refractivity contribution >= 4 is 22.4 Å². The van der Waals surface area contributed by atoms with Crippen LogP contribution >= 0.6 is 0 Å². The molecule has 1 N–H and O–H groups in total. The Kier molecular flexibility index (Phi) is 3.28. The fourth-order valence-electron chi connectivity index (χ4n) is 1.82. The summed E-state index contributed by atoms with van der Waals surface area (Å²) < 4.78 is 5.04. The summed E-state index contributed by atoms with van der Waals surface area (Å²) >= 11 is 0. The van der Waals surface area contributed by atoms with Gasteiger partial charge in [0.1, 0.15) is 6.61 Å². The molecule has 3 nitrogen and oxygen atoms in total. The number of benzene rings is 2. The maximum absolute atomic E-state index is 10.8. The first-order valence-corrected chi connectivity index (χ1v) is 5.53. The molecule has 0 saturated carbocycles. The van der Waals surface area contributed by atoms with Crippen molar-refractivity contribution in [2.45, 2.75) is 13.5 Å². The predicted molar refractivity (Wildman–Crippen MR) is 69.0 cm³/mol. The molecule has 0 aromatic heterocycles. The maximum Gasteiger partial charge on any atom is 0.302 e. The van der Waals surface area contributed by atoms with Crippen molar-refractivity contribution in [2.24, 2.45) is 0 Å². The van der Waals surface area contributed by atoms with Crippen molar-refractivity contribution in [1.82, 2.24) is 0 Å². The highest BCUT2D eigenvalue weighted by Crippen LogP contribution is 2.24. The Morgan fingerprint density at radius 1 is 1.24 bits per heavy atom. The van der Waals surface area contributed by atoms with Gasteiger partial charge in [0.2, 0.25) is 0 Å². The molecule has 0 spiro atoms. The molecule has 0 amide bonds. The fraction of sp³-hybridized carbons (Fsp3) is 0.214. The molecule has 0 atom stereocenters. The molecule has 0 aliphatic rings. The second-order valence-corrected chi connectivity index (χ2v) is 3.89. The summed E-state index contributed by atoms with van der Waals surface area (Å²) in [6.45, 7) is 1.72. The minimum Gasteiger partial charge on any atom is -0.461 e. The van der Waals surface area contributed by atoms with Gasteiger partial charge < -0.3 is 10.1 Å².